The van der Waals surface area contributed by atoms with Crippen LogP contribution in [-0.2, 0) is 13.0 Å². The fraction of sp³-hybridized carbons (Fsp3) is 0.375. The fourth-order valence-electron chi connectivity index (χ4n) is 2.01. The third-order valence-corrected chi connectivity index (χ3v) is 4.22. The Morgan fingerprint density at radius 3 is 2.63 bits per heavy atom. The average Bonchev–Trinajstić information content (AvgIpc) is 2.76. The highest BCUT2D eigenvalue weighted by atomic mass is 32.1. The van der Waals surface area contributed by atoms with Gasteiger partial charge in [-0.1, -0.05) is 12.1 Å². The van der Waals surface area contributed by atoms with E-state index in [1.54, 1.807) is 13.0 Å². The van der Waals surface area contributed by atoms with Gasteiger partial charge in [-0.05, 0) is 56.5 Å². The van der Waals surface area contributed by atoms with Crippen LogP contribution in [0.3, 0.4) is 0 Å². The molecule has 0 radical (unpaired) electrons. The summed E-state index contributed by atoms with van der Waals surface area (Å²) in [6.07, 6.45) is 1.02. The second kappa shape index (κ2) is 6.31. The molecule has 19 heavy (non-hydrogen) atoms. The van der Waals surface area contributed by atoms with Crippen molar-refractivity contribution in [2.24, 2.45) is 0 Å². The van der Waals surface area contributed by atoms with Crippen LogP contribution in [0.2, 0.25) is 0 Å². The average molecular weight is 277 g/mol. The molecule has 1 unspecified atom stereocenters. The normalized spacial score (nSPS) is 12.6. The fourth-order valence-corrected chi connectivity index (χ4v) is 3.03. The van der Waals surface area contributed by atoms with Crippen molar-refractivity contribution in [3.8, 4) is 0 Å². The molecule has 3 heteroatoms. The molecule has 2 aromatic rings. The molecule has 0 amide bonds. The zero-order valence-electron chi connectivity index (χ0n) is 11.7. The van der Waals surface area contributed by atoms with Crippen LogP contribution in [-0.4, -0.2) is 6.04 Å². The molecule has 0 aliphatic rings. The molecule has 0 saturated carbocycles. The number of benzene rings is 1. The highest BCUT2D eigenvalue weighted by Gasteiger charge is 2.06. The quantitative estimate of drug-likeness (QED) is 0.862. The summed E-state index contributed by atoms with van der Waals surface area (Å²) in [6, 6.07) is 10.2. The molecule has 1 N–H and O–H groups in total. The van der Waals surface area contributed by atoms with E-state index in [2.05, 4.69) is 31.3 Å². The second-order valence-corrected chi connectivity index (χ2v) is 6.45. The highest BCUT2D eigenvalue weighted by Crippen LogP contribution is 2.17. The smallest absolute Gasteiger partial charge is 0.126 e. The highest BCUT2D eigenvalue weighted by molar-refractivity contribution is 7.11. The molecule has 1 nitrogen and oxygen atoms in total. The predicted molar refractivity (Wildman–Crippen MR) is 80.2 cm³/mol. The van der Waals surface area contributed by atoms with Gasteiger partial charge in [0, 0.05) is 22.3 Å². The van der Waals surface area contributed by atoms with Crippen molar-refractivity contribution in [1.82, 2.24) is 5.32 Å². The number of halogens is 1. The van der Waals surface area contributed by atoms with Crippen LogP contribution in [0.4, 0.5) is 4.39 Å². The maximum atomic E-state index is 13.4. The van der Waals surface area contributed by atoms with Crippen molar-refractivity contribution in [2.45, 2.75) is 39.8 Å². The van der Waals surface area contributed by atoms with Gasteiger partial charge in [0.2, 0.25) is 0 Å². The summed E-state index contributed by atoms with van der Waals surface area (Å²) in [7, 11) is 0. The first-order chi connectivity index (χ1) is 9.04. The standard InChI is InChI=1S/C16H20FNS/c1-11-4-6-14(9-16(11)17)10-18-12(2)8-15-7-5-13(3)19-15/h4-7,9,12,18H,8,10H2,1-3H3. The summed E-state index contributed by atoms with van der Waals surface area (Å²) in [5.41, 5.74) is 1.70. The minimum Gasteiger partial charge on any atom is -0.310 e. The monoisotopic (exact) mass is 277 g/mol. The van der Waals surface area contributed by atoms with Crippen LogP contribution >= 0.6 is 11.3 Å². The van der Waals surface area contributed by atoms with Gasteiger partial charge in [-0.2, -0.15) is 0 Å². The van der Waals surface area contributed by atoms with Gasteiger partial charge in [0.05, 0.1) is 0 Å². The molecule has 0 spiro atoms. The lowest BCUT2D eigenvalue weighted by molar-refractivity contribution is 0.545. The summed E-state index contributed by atoms with van der Waals surface area (Å²) in [5.74, 6) is -0.124. The van der Waals surface area contributed by atoms with Gasteiger partial charge in [-0.3, -0.25) is 0 Å². The summed E-state index contributed by atoms with van der Waals surface area (Å²) in [5, 5.41) is 3.44. The third-order valence-electron chi connectivity index (χ3n) is 3.19. The van der Waals surface area contributed by atoms with Crippen molar-refractivity contribution in [3.05, 3.63) is 57.0 Å². The maximum Gasteiger partial charge on any atom is 0.126 e. The van der Waals surface area contributed by atoms with E-state index < -0.39 is 0 Å². The molecule has 0 saturated heterocycles. The first-order valence-corrected chi connectivity index (χ1v) is 7.40. The van der Waals surface area contributed by atoms with E-state index in [4.69, 9.17) is 0 Å². The Kier molecular flexibility index (Phi) is 4.72. The molecule has 0 aliphatic heterocycles. The number of aryl methyl sites for hydroxylation is 2. The summed E-state index contributed by atoms with van der Waals surface area (Å²) in [4.78, 5) is 2.75. The zero-order chi connectivity index (χ0) is 13.8. The first kappa shape index (κ1) is 14.2. The van der Waals surface area contributed by atoms with Crippen LogP contribution in [0.15, 0.2) is 30.3 Å². The van der Waals surface area contributed by atoms with Gasteiger partial charge < -0.3 is 5.32 Å². The Labute approximate surface area is 118 Å². The van der Waals surface area contributed by atoms with E-state index in [1.807, 2.05) is 23.5 Å². The maximum absolute atomic E-state index is 13.4. The summed E-state index contributed by atoms with van der Waals surface area (Å²) >= 11 is 1.84. The molecular weight excluding hydrogens is 257 g/mol. The van der Waals surface area contributed by atoms with Crippen LogP contribution in [0.25, 0.3) is 0 Å². The third kappa shape index (κ3) is 4.15. The SMILES string of the molecule is Cc1ccc(CC(C)NCc2ccc(C)c(F)c2)s1. The number of nitrogens with one attached hydrogen (secondary N) is 1. The van der Waals surface area contributed by atoms with Crippen LogP contribution in [0.1, 0.15) is 27.8 Å². The van der Waals surface area contributed by atoms with Crippen molar-refractivity contribution >= 4 is 11.3 Å². The molecule has 0 bridgehead atoms. The van der Waals surface area contributed by atoms with E-state index >= 15 is 0 Å². The molecule has 0 fully saturated rings. The largest absolute Gasteiger partial charge is 0.310 e. The van der Waals surface area contributed by atoms with Gasteiger partial charge in [0.25, 0.3) is 0 Å². The Balaban J connectivity index is 1.86. The Morgan fingerprint density at radius 1 is 1.21 bits per heavy atom. The van der Waals surface area contributed by atoms with Crippen molar-refractivity contribution in [1.29, 1.82) is 0 Å². The Hall–Kier alpha value is -1.19. The summed E-state index contributed by atoms with van der Waals surface area (Å²) < 4.78 is 13.4. The van der Waals surface area contributed by atoms with Gasteiger partial charge in [0.1, 0.15) is 5.82 Å². The number of rotatable bonds is 5. The van der Waals surface area contributed by atoms with Crippen LogP contribution in [0, 0.1) is 19.7 Å². The number of thiophene rings is 1. The first-order valence-electron chi connectivity index (χ1n) is 6.58. The molecule has 1 atom stereocenters. The van der Waals surface area contributed by atoms with Crippen LogP contribution < -0.4 is 5.32 Å². The summed E-state index contributed by atoms with van der Waals surface area (Å²) in [6.45, 7) is 6.79. The minimum atomic E-state index is -0.124. The Bertz CT molecular complexity index is 547. The van der Waals surface area contributed by atoms with E-state index in [0.29, 0.717) is 18.2 Å². The van der Waals surface area contributed by atoms with Crippen LogP contribution in [0.5, 0.6) is 0 Å². The van der Waals surface area contributed by atoms with E-state index in [1.165, 1.54) is 9.75 Å². The molecule has 2 rings (SSSR count). The topological polar surface area (TPSA) is 12.0 Å². The van der Waals surface area contributed by atoms with Gasteiger partial charge in [-0.25, -0.2) is 4.39 Å². The lowest BCUT2D eigenvalue weighted by Crippen LogP contribution is -2.27. The van der Waals surface area contributed by atoms with Crippen molar-refractivity contribution in [2.75, 3.05) is 0 Å². The van der Waals surface area contributed by atoms with Gasteiger partial charge in [0.15, 0.2) is 0 Å². The predicted octanol–water partition coefficient (Wildman–Crippen LogP) is 4.22. The lowest BCUT2D eigenvalue weighted by atomic mass is 10.1. The van der Waals surface area contributed by atoms with Gasteiger partial charge in [-0.15, -0.1) is 11.3 Å². The van der Waals surface area contributed by atoms with Gasteiger partial charge >= 0.3 is 0 Å². The molecule has 0 aliphatic carbocycles. The second-order valence-electron chi connectivity index (χ2n) is 5.08. The number of hydrogen-bond donors (Lipinski definition) is 1. The molecular formula is C16H20FNS. The van der Waals surface area contributed by atoms with E-state index in [0.717, 1.165) is 12.0 Å². The van der Waals surface area contributed by atoms with Crippen molar-refractivity contribution < 1.29 is 4.39 Å². The number of hydrogen-bond acceptors (Lipinski definition) is 2. The molecule has 1 heterocycles. The lowest BCUT2D eigenvalue weighted by Gasteiger charge is -2.13. The zero-order valence-corrected chi connectivity index (χ0v) is 12.5. The Morgan fingerprint density at radius 2 is 2.00 bits per heavy atom. The molecule has 1 aromatic carbocycles. The van der Waals surface area contributed by atoms with Crippen molar-refractivity contribution in [3.63, 3.8) is 0 Å². The minimum absolute atomic E-state index is 0.124. The van der Waals surface area contributed by atoms with E-state index in [-0.39, 0.29) is 5.82 Å². The molecule has 1 aromatic heterocycles. The van der Waals surface area contributed by atoms with E-state index in [9.17, 15) is 4.39 Å². The molecule has 102 valence electrons.